The molecule has 0 bridgehead atoms. The van der Waals surface area contributed by atoms with Crippen molar-refractivity contribution < 1.29 is 9.53 Å². The van der Waals surface area contributed by atoms with Gasteiger partial charge in [0.05, 0.1) is 0 Å². The van der Waals surface area contributed by atoms with Crippen molar-refractivity contribution >= 4 is 46.6 Å². The van der Waals surface area contributed by atoms with Gasteiger partial charge in [0.15, 0.2) is 15.5 Å². The first-order valence-electron chi connectivity index (χ1n) is 8.07. The summed E-state index contributed by atoms with van der Waals surface area (Å²) < 4.78 is 6.83. The number of aromatic nitrogens is 2. The normalized spacial score (nSPS) is 10.8. The van der Waals surface area contributed by atoms with Gasteiger partial charge in [0.1, 0.15) is 6.73 Å². The van der Waals surface area contributed by atoms with Crippen molar-refractivity contribution in [1.82, 2.24) is 9.55 Å². The molecule has 140 valence electrons. The molecular weight excluding hydrogens is 405 g/mol. The van der Waals surface area contributed by atoms with Crippen LogP contribution in [0.1, 0.15) is 15.9 Å². The van der Waals surface area contributed by atoms with Gasteiger partial charge in [-0.2, -0.15) is 0 Å². The first kappa shape index (κ1) is 19.8. The molecule has 0 aliphatic carbocycles. The molecule has 27 heavy (non-hydrogen) atoms. The zero-order chi connectivity index (χ0) is 19.2. The molecule has 1 heterocycles. The van der Waals surface area contributed by atoms with Gasteiger partial charge in [-0.15, -0.1) is 0 Å². The number of ether oxygens (including phenoxy) is 1. The van der Waals surface area contributed by atoms with E-state index in [4.69, 9.17) is 27.9 Å². The summed E-state index contributed by atoms with van der Waals surface area (Å²) in [5, 5.41) is 4.10. The Bertz CT molecular complexity index is 932. The van der Waals surface area contributed by atoms with E-state index in [2.05, 4.69) is 10.3 Å². The van der Waals surface area contributed by atoms with Crippen LogP contribution in [0.25, 0.3) is 0 Å². The quantitative estimate of drug-likeness (QED) is 0.523. The molecule has 0 radical (unpaired) electrons. The van der Waals surface area contributed by atoms with Crippen LogP contribution in [0.4, 0.5) is 5.69 Å². The number of benzene rings is 2. The molecule has 0 saturated carbocycles. The topological polar surface area (TPSA) is 56.1 Å². The maximum atomic E-state index is 12.7. The van der Waals surface area contributed by atoms with Crippen molar-refractivity contribution in [2.45, 2.75) is 17.6 Å². The van der Waals surface area contributed by atoms with Gasteiger partial charge in [0, 0.05) is 24.1 Å². The van der Waals surface area contributed by atoms with E-state index < -0.39 is 0 Å². The number of thioether (sulfide) groups is 1. The van der Waals surface area contributed by atoms with Gasteiger partial charge < -0.3 is 10.1 Å². The van der Waals surface area contributed by atoms with E-state index in [1.54, 1.807) is 17.7 Å². The summed E-state index contributed by atoms with van der Waals surface area (Å²) >= 11 is 13.6. The molecular formula is C19H17Cl2N3O2S. The third kappa shape index (κ3) is 4.84. The second-order valence-electron chi connectivity index (χ2n) is 5.59. The highest BCUT2D eigenvalue weighted by Crippen LogP contribution is 2.31. The number of carbonyl (C=O) groups excluding carboxylic acids is 1. The minimum absolute atomic E-state index is 0.159. The third-order valence-corrected chi connectivity index (χ3v) is 5.51. The molecule has 0 spiro atoms. The Morgan fingerprint density at radius 2 is 1.85 bits per heavy atom. The molecule has 0 unspecified atom stereocenters. The Hall–Kier alpha value is -1.99. The monoisotopic (exact) mass is 421 g/mol. The van der Waals surface area contributed by atoms with Crippen molar-refractivity contribution in [3.63, 3.8) is 0 Å². The summed E-state index contributed by atoms with van der Waals surface area (Å²) in [6, 6.07) is 16.8. The summed E-state index contributed by atoms with van der Waals surface area (Å²) in [6.45, 7) is 0.247. The number of hydrogen-bond acceptors (Lipinski definition) is 4. The summed E-state index contributed by atoms with van der Waals surface area (Å²) in [5.74, 6) is 0.375. The number of imidazole rings is 1. The Kier molecular flexibility index (Phi) is 6.79. The highest BCUT2D eigenvalue weighted by atomic mass is 35.5. The fourth-order valence-corrected chi connectivity index (χ4v) is 3.91. The van der Waals surface area contributed by atoms with Crippen LogP contribution in [0.5, 0.6) is 0 Å². The van der Waals surface area contributed by atoms with E-state index >= 15 is 0 Å². The summed E-state index contributed by atoms with van der Waals surface area (Å²) in [5.41, 5.74) is 2.24. The number of amides is 1. The van der Waals surface area contributed by atoms with Gasteiger partial charge >= 0.3 is 0 Å². The van der Waals surface area contributed by atoms with Gasteiger partial charge in [-0.1, -0.05) is 71.4 Å². The van der Waals surface area contributed by atoms with E-state index in [1.807, 2.05) is 48.5 Å². The van der Waals surface area contributed by atoms with E-state index in [-0.39, 0.29) is 17.8 Å². The predicted octanol–water partition coefficient (Wildman–Crippen LogP) is 5.34. The highest BCUT2D eigenvalue weighted by molar-refractivity contribution is 7.98. The van der Waals surface area contributed by atoms with Crippen LogP contribution in [0.15, 0.2) is 59.8 Å². The Balaban J connectivity index is 1.77. The first-order valence-corrected chi connectivity index (χ1v) is 9.82. The number of carbonyl (C=O) groups is 1. The number of nitrogens with one attached hydrogen (secondary N) is 1. The first-order chi connectivity index (χ1) is 13.1. The zero-order valence-corrected chi connectivity index (χ0v) is 16.8. The average molecular weight is 422 g/mol. The van der Waals surface area contributed by atoms with E-state index in [0.717, 1.165) is 11.3 Å². The molecule has 3 rings (SSSR count). The Morgan fingerprint density at radius 1 is 1.15 bits per heavy atom. The lowest BCUT2D eigenvalue weighted by atomic mass is 10.1. The maximum Gasteiger partial charge on any atom is 0.255 e. The molecule has 1 N–H and O–H groups in total. The second-order valence-corrected chi connectivity index (χ2v) is 7.25. The molecule has 8 heteroatoms. The van der Waals surface area contributed by atoms with Crippen molar-refractivity contribution in [2.75, 3.05) is 12.4 Å². The minimum atomic E-state index is -0.159. The Labute approximate surface area is 171 Å². The lowest BCUT2D eigenvalue weighted by molar-refractivity contribution is 0.102. The molecule has 0 aliphatic rings. The molecule has 1 amide bonds. The molecule has 0 saturated heterocycles. The maximum absolute atomic E-state index is 12.7. The lowest BCUT2D eigenvalue weighted by Crippen LogP contribution is -2.14. The fourth-order valence-electron chi connectivity index (χ4n) is 2.47. The molecule has 0 atom stereocenters. The van der Waals surface area contributed by atoms with E-state index in [1.165, 1.54) is 11.8 Å². The number of nitrogens with zero attached hydrogens (tertiary/aromatic N) is 2. The smallest absolute Gasteiger partial charge is 0.255 e. The number of halogens is 2. The summed E-state index contributed by atoms with van der Waals surface area (Å²) in [7, 11) is 1.57. The largest absolute Gasteiger partial charge is 0.364 e. The third-order valence-electron chi connectivity index (χ3n) is 3.74. The lowest BCUT2D eigenvalue weighted by Gasteiger charge is -2.11. The zero-order valence-electron chi connectivity index (χ0n) is 14.5. The summed E-state index contributed by atoms with van der Waals surface area (Å²) in [4.78, 5) is 16.9. The standard InChI is InChI=1S/C19H17Cl2N3O2S/c1-26-12-24-17(21)16(20)23-19(24)27-11-13-7-5-6-10-15(13)18(25)22-14-8-3-2-4-9-14/h2-10H,11-12H2,1H3,(H,22,25). The predicted molar refractivity (Wildman–Crippen MR) is 110 cm³/mol. The van der Waals surface area contributed by atoms with Crippen LogP contribution in [0.3, 0.4) is 0 Å². The van der Waals surface area contributed by atoms with Gasteiger partial charge in [0.25, 0.3) is 5.91 Å². The Morgan fingerprint density at radius 3 is 2.59 bits per heavy atom. The van der Waals surface area contributed by atoms with Crippen LogP contribution in [0.2, 0.25) is 10.3 Å². The molecule has 1 aromatic heterocycles. The molecule has 2 aromatic carbocycles. The molecule has 0 fully saturated rings. The van der Waals surface area contributed by atoms with Crippen molar-refractivity contribution in [1.29, 1.82) is 0 Å². The number of methoxy groups -OCH3 is 1. The second kappa shape index (κ2) is 9.28. The van der Waals surface area contributed by atoms with Crippen molar-refractivity contribution in [3.05, 3.63) is 76.0 Å². The molecule has 3 aromatic rings. The fraction of sp³-hybridized carbons (Fsp3) is 0.158. The summed E-state index contributed by atoms with van der Waals surface area (Å²) in [6.07, 6.45) is 0. The minimum Gasteiger partial charge on any atom is -0.364 e. The van der Waals surface area contributed by atoms with Crippen LogP contribution in [0, 0.1) is 0 Å². The SMILES string of the molecule is COCn1c(SCc2ccccc2C(=O)Nc2ccccc2)nc(Cl)c1Cl. The molecule has 0 aliphatic heterocycles. The van der Waals surface area contributed by atoms with Gasteiger partial charge in [-0.25, -0.2) is 4.98 Å². The van der Waals surface area contributed by atoms with Crippen LogP contribution < -0.4 is 5.32 Å². The number of hydrogen-bond donors (Lipinski definition) is 1. The van der Waals surface area contributed by atoms with Crippen molar-refractivity contribution in [3.8, 4) is 0 Å². The van der Waals surface area contributed by atoms with Gasteiger partial charge in [-0.3, -0.25) is 9.36 Å². The number of anilines is 1. The average Bonchev–Trinajstić information content (AvgIpc) is 2.95. The van der Waals surface area contributed by atoms with Crippen molar-refractivity contribution in [2.24, 2.45) is 0 Å². The number of para-hydroxylation sites is 1. The van der Waals surface area contributed by atoms with Crippen LogP contribution in [-0.4, -0.2) is 22.6 Å². The van der Waals surface area contributed by atoms with Crippen LogP contribution in [-0.2, 0) is 17.2 Å². The van der Waals surface area contributed by atoms with E-state index in [0.29, 0.717) is 21.6 Å². The van der Waals surface area contributed by atoms with E-state index in [9.17, 15) is 4.79 Å². The number of rotatable bonds is 7. The van der Waals surface area contributed by atoms with Gasteiger partial charge in [-0.05, 0) is 23.8 Å². The van der Waals surface area contributed by atoms with Crippen LogP contribution >= 0.6 is 35.0 Å². The van der Waals surface area contributed by atoms with Gasteiger partial charge in [0.2, 0.25) is 0 Å². The molecule has 5 nitrogen and oxygen atoms in total. The highest BCUT2D eigenvalue weighted by Gasteiger charge is 2.16.